The number of carbonyl (C=O) groups excluding carboxylic acids is 1. The Bertz CT molecular complexity index is 1200. The van der Waals surface area contributed by atoms with E-state index in [9.17, 15) is 18.0 Å². The molecule has 1 aliphatic rings. The molecule has 35 heavy (non-hydrogen) atoms. The Hall–Kier alpha value is -3.33. The predicted octanol–water partition coefficient (Wildman–Crippen LogP) is 4.54. The fourth-order valence-corrected chi connectivity index (χ4v) is 4.11. The van der Waals surface area contributed by atoms with Gasteiger partial charge in [0.1, 0.15) is 6.54 Å². The largest absolute Gasteiger partial charge is 0.490 e. The van der Waals surface area contributed by atoms with Gasteiger partial charge in [-0.3, -0.25) is 9.69 Å². The summed E-state index contributed by atoms with van der Waals surface area (Å²) < 4.78 is 33.8. The summed E-state index contributed by atoms with van der Waals surface area (Å²) in [6.07, 6.45) is -2.02. The van der Waals surface area contributed by atoms with E-state index in [1.165, 1.54) is 22.1 Å². The van der Waals surface area contributed by atoms with Crippen molar-refractivity contribution < 1.29 is 27.9 Å². The molecule has 6 nitrogen and oxygen atoms in total. The van der Waals surface area contributed by atoms with Gasteiger partial charge in [0.05, 0.1) is 0 Å². The van der Waals surface area contributed by atoms with Crippen LogP contribution < -0.4 is 5.32 Å². The van der Waals surface area contributed by atoms with Crippen molar-refractivity contribution in [3.63, 3.8) is 0 Å². The molecule has 3 aromatic rings. The van der Waals surface area contributed by atoms with Crippen LogP contribution in [-0.4, -0.2) is 51.3 Å². The standard InChI is InChI=1S/C24H29N3O.C2HF3O2/c1-18-8-9-22-20(14-18)10-12-26(22)16-23(28)25-17-24(2,3)27-13-11-19-6-4-5-7-21(19)15-27;3-2(4,5)1(6)7/h4-10,12,14H,11,13,15-17H2,1-3H3,(H,25,28);(H,6,7). The van der Waals surface area contributed by atoms with Gasteiger partial charge in [-0.1, -0.05) is 35.9 Å². The number of halogens is 3. The topological polar surface area (TPSA) is 74.6 Å². The molecule has 0 fully saturated rings. The quantitative estimate of drug-likeness (QED) is 0.552. The summed E-state index contributed by atoms with van der Waals surface area (Å²) >= 11 is 0. The molecule has 188 valence electrons. The zero-order valence-corrected chi connectivity index (χ0v) is 20.0. The van der Waals surface area contributed by atoms with Gasteiger partial charge in [-0.25, -0.2) is 4.79 Å². The third-order valence-electron chi connectivity index (χ3n) is 6.19. The van der Waals surface area contributed by atoms with Crippen molar-refractivity contribution in [2.24, 2.45) is 0 Å². The minimum Gasteiger partial charge on any atom is -0.475 e. The van der Waals surface area contributed by atoms with Crippen LogP contribution >= 0.6 is 0 Å². The van der Waals surface area contributed by atoms with E-state index >= 15 is 0 Å². The van der Waals surface area contributed by atoms with Crippen LogP contribution in [0.3, 0.4) is 0 Å². The first-order valence-electron chi connectivity index (χ1n) is 11.3. The van der Waals surface area contributed by atoms with Crippen molar-refractivity contribution >= 4 is 22.8 Å². The van der Waals surface area contributed by atoms with Gasteiger partial charge in [0.15, 0.2) is 0 Å². The second-order valence-corrected chi connectivity index (χ2v) is 9.34. The average Bonchev–Trinajstić information content (AvgIpc) is 3.18. The van der Waals surface area contributed by atoms with Gasteiger partial charge in [-0.05, 0) is 61.9 Å². The summed E-state index contributed by atoms with van der Waals surface area (Å²) in [6.45, 7) is 9.49. The summed E-state index contributed by atoms with van der Waals surface area (Å²) in [6, 6.07) is 17.1. The van der Waals surface area contributed by atoms with E-state index in [1.54, 1.807) is 0 Å². The van der Waals surface area contributed by atoms with Crippen LogP contribution in [0.15, 0.2) is 54.7 Å². The number of amides is 1. The molecule has 0 aliphatic carbocycles. The van der Waals surface area contributed by atoms with Crippen molar-refractivity contribution in [3.05, 3.63) is 71.4 Å². The molecule has 1 amide bonds. The number of carbonyl (C=O) groups is 2. The third-order valence-corrected chi connectivity index (χ3v) is 6.19. The number of carboxylic acid groups (broad SMARTS) is 1. The van der Waals surface area contributed by atoms with E-state index in [2.05, 4.69) is 79.5 Å². The lowest BCUT2D eigenvalue weighted by atomic mass is 9.94. The number of nitrogens with one attached hydrogen (secondary N) is 1. The number of carboxylic acids is 1. The zero-order chi connectivity index (χ0) is 25.8. The Balaban J connectivity index is 0.000000429. The second kappa shape index (κ2) is 10.5. The number of rotatable bonds is 5. The second-order valence-electron chi connectivity index (χ2n) is 9.34. The van der Waals surface area contributed by atoms with Crippen LogP contribution in [0.2, 0.25) is 0 Å². The first-order chi connectivity index (χ1) is 16.4. The predicted molar refractivity (Wildman–Crippen MR) is 128 cm³/mol. The van der Waals surface area contributed by atoms with Gasteiger partial charge >= 0.3 is 12.1 Å². The normalized spacial score (nSPS) is 14.1. The molecular formula is C26H30F3N3O3. The molecular weight excluding hydrogens is 459 g/mol. The molecule has 1 aliphatic heterocycles. The Morgan fingerprint density at radius 3 is 2.37 bits per heavy atom. The van der Waals surface area contributed by atoms with E-state index in [-0.39, 0.29) is 11.4 Å². The molecule has 2 heterocycles. The van der Waals surface area contributed by atoms with Crippen molar-refractivity contribution in [1.29, 1.82) is 0 Å². The SMILES string of the molecule is Cc1ccc2c(ccn2CC(=O)NCC(C)(C)N2CCc3ccccc3C2)c1.O=C(O)C(F)(F)F. The minimum atomic E-state index is -5.08. The molecule has 2 aromatic carbocycles. The highest BCUT2D eigenvalue weighted by Gasteiger charge is 2.38. The van der Waals surface area contributed by atoms with Gasteiger partial charge in [0.2, 0.25) is 5.91 Å². The van der Waals surface area contributed by atoms with Crippen molar-refractivity contribution in [2.45, 2.75) is 52.0 Å². The number of aromatic nitrogens is 1. The summed E-state index contributed by atoms with van der Waals surface area (Å²) in [5.74, 6) is -2.70. The lowest BCUT2D eigenvalue weighted by Gasteiger charge is -2.41. The van der Waals surface area contributed by atoms with E-state index in [1.807, 2.05) is 10.8 Å². The van der Waals surface area contributed by atoms with Gasteiger partial charge in [0.25, 0.3) is 0 Å². The molecule has 9 heteroatoms. The average molecular weight is 490 g/mol. The number of benzene rings is 2. The number of nitrogens with zero attached hydrogens (tertiary/aromatic N) is 2. The highest BCUT2D eigenvalue weighted by molar-refractivity contribution is 5.83. The molecule has 0 spiro atoms. The zero-order valence-electron chi connectivity index (χ0n) is 20.0. The summed E-state index contributed by atoms with van der Waals surface area (Å²) in [4.78, 5) is 24.0. The Labute approximate surface area is 202 Å². The first kappa shape index (κ1) is 26.3. The molecule has 1 aromatic heterocycles. The van der Waals surface area contributed by atoms with Crippen LogP contribution in [0.5, 0.6) is 0 Å². The molecule has 0 bridgehead atoms. The molecule has 0 atom stereocenters. The van der Waals surface area contributed by atoms with Crippen molar-refractivity contribution in [3.8, 4) is 0 Å². The maximum absolute atomic E-state index is 12.6. The van der Waals surface area contributed by atoms with E-state index in [4.69, 9.17) is 9.90 Å². The van der Waals surface area contributed by atoms with Crippen LogP contribution in [0.4, 0.5) is 13.2 Å². The lowest BCUT2D eigenvalue weighted by Crippen LogP contribution is -2.53. The van der Waals surface area contributed by atoms with E-state index in [0.717, 1.165) is 25.0 Å². The van der Waals surface area contributed by atoms with Gasteiger partial charge in [-0.15, -0.1) is 0 Å². The maximum Gasteiger partial charge on any atom is 0.490 e. The number of alkyl halides is 3. The first-order valence-corrected chi connectivity index (χ1v) is 11.3. The molecule has 0 saturated heterocycles. The van der Waals surface area contributed by atoms with Gasteiger partial charge in [0, 0.05) is 36.9 Å². The Kier molecular flexibility index (Phi) is 7.90. The van der Waals surface area contributed by atoms with Crippen molar-refractivity contribution in [2.75, 3.05) is 13.1 Å². The molecule has 0 radical (unpaired) electrons. The highest BCUT2D eigenvalue weighted by atomic mass is 19.4. The Morgan fingerprint density at radius 1 is 1.06 bits per heavy atom. The molecule has 0 unspecified atom stereocenters. The van der Waals surface area contributed by atoms with Crippen molar-refractivity contribution in [1.82, 2.24) is 14.8 Å². The number of aliphatic carboxylic acids is 1. The number of hydrogen-bond donors (Lipinski definition) is 2. The summed E-state index contributed by atoms with van der Waals surface area (Å²) in [5.41, 5.74) is 5.11. The Morgan fingerprint density at radius 2 is 1.71 bits per heavy atom. The number of fused-ring (bicyclic) bond motifs is 2. The lowest BCUT2D eigenvalue weighted by molar-refractivity contribution is -0.192. The fraction of sp³-hybridized carbons (Fsp3) is 0.385. The molecule has 0 saturated carbocycles. The number of aryl methyl sites for hydroxylation is 1. The minimum absolute atomic E-state index is 0.0589. The third kappa shape index (κ3) is 6.85. The maximum atomic E-state index is 12.6. The smallest absolute Gasteiger partial charge is 0.475 e. The van der Waals surface area contributed by atoms with Crippen LogP contribution in [0.1, 0.15) is 30.5 Å². The van der Waals surface area contributed by atoms with E-state index < -0.39 is 12.1 Å². The summed E-state index contributed by atoms with van der Waals surface area (Å²) in [7, 11) is 0. The summed E-state index contributed by atoms with van der Waals surface area (Å²) in [5, 5.41) is 11.5. The molecule has 4 rings (SSSR count). The van der Waals surface area contributed by atoms with Crippen LogP contribution in [-0.2, 0) is 29.1 Å². The number of hydrogen-bond acceptors (Lipinski definition) is 3. The van der Waals surface area contributed by atoms with E-state index in [0.29, 0.717) is 13.1 Å². The molecule has 2 N–H and O–H groups in total. The van der Waals surface area contributed by atoms with Crippen LogP contribution in [0, 0.1) is 6.92 Å². The fourth-order valence-electron chi connectivity index (χ4n) is 4.11. The van der Waals surface area contributed by atoms with Gasteiger partial charge in [-0.2, -0.15) is 13.2 Å². The highest BCUT2D eigenvalue weighted by Crippen LogP contribution is 2.25. The van der Waals surface area contributed by atoms with Crippen LogP contribution in [0.25, 0.3) is 10.9 Å². The van der Waals surface area contributed by atoms with Gasteiger partial charge < -0.3 is 15.0 Å². The monoisotopic (exact) mass is 489 g/mol.